The molecular formula is C28H31N7O. The maximum Gasteiger partial charge on any atom is 0.255 e. The Labute approximate surface area is 211 Å². The van der Waals surface area contributed by atoms with E-state index in [1.807, 2.05) is 38.4 Å². The number of hydrogen-bond acceptors (Lipinski definition) is 6. The molecule has 0 fully saturated rings. The van der Waals surface area contributed by atoms with E-state index in [0.717, 1.165) is 43.6 Å². The SMILES string of the molecule is Cc1ncnc(C)c1C(=O)NCc1cccc(CN(Cc2cnc[nH]2)C2CCCc3cccnc32)c1. The largest absolute Gasteiger partial charge is 0.348 e. The molecule has 36 heavy (non-hydrogen) atoms. The van der Waals surface area contributed by atoms with E-state index in [9.17, 15) is 4.79 Å². The monoisotopic (exact) mass is 481 g/mol. The molecule has 8 heteroatoms. The summed E-state index contributed by atoms with van der Waals surface area (Å²) >= 11 is 0. The third kappa shape index (κ3) is 5.33. The molecule has 1 aromatic carbocycles. The van der Waals surface area contributed by atoms with E-state index in [0.29, 0.717) is 23.5 Å². The maximum atomic E-state index is 12.8. The van der Waals surface area contributed by atoms with Gasteiger partial charge in [-0.25, -0.2) is 15.0 Å². The zero-order valence-electron chi connectivity index (χ0n) is 20.7. The number of carbonyl (C=O) groups excluding carboxylic acids is 1. The number of rotatable bonds is 8. The first-order valence-electron chi connectivity index (χ1n) is 12.4. The van der Waals surface area contributed by atoms with Gasteiger partial charge in [0.05, 0.1) is 35.0 Å². The number of amides is 1. The number of nitrogens with zero attached hydrogens (tertiary/aromatic N) is 5. The van der Waals surface area contributed by atoms with E-state index in [1.165, 1.54) is 23.1 Å². The molecule has 1 aliphatic carbocycles. The van der Waals surface area contributed by atoms with Crippen LogP contribution in [0.15, 0.2) is 61.4 Å². The Morgan fingerprint density at radius 3 is 2.72 bits per heavy atom. The van der Waals surface area contributed by atoms with Crippen LogP contribution >= 0.6 is 0 Å². The van der Waals surface area contributed by atoms with Crippen molar-refractivity contribution in [3.05, 3.63) is 106 Å². The van der Waals surface area contributed by atoms with Crippen molar-refractivity contribution in [3.8, 4) is 0 Å². The lowest BCUT2D eigenvalue weighted by atomic mass is 9.90. The molecule has 3 aromatic heterocycles. The summed E-state index contributed by atoms with van der Waals surface area (Å²) in [6.07, 6.45) is 10.3. The molecule has 1 atom stereocenters. The van der Waals surface area contributed by atoms with Gasteiger partial charge in [-0.2, -0.15) is 0 Å². The number of aromatic amines is 1. The van der Waals surface area contributed by atoms with Crippen LogP contribution in [0.5, 0.6) is 0 Å². The molecule has 5 rings (SSSR count). The molecule has 8 nitrogen and oxygen atoms in total. The lowest BCUT2D eigenvalue weighted by Gasteiger charge is -2.35. The Balaban J connectivity index is 1.33. The maximum absolute atomic E-state index is 12.8. The first-order chi connectivity index (χ1) is 17.6. The number of fused-ring (bicyclic) bond motifs is 1. The Bertz CT molecular complexity index is 1320. The molecule has 4 aromatic rings. The quantitative estimate of drug-likeness (QED) is 0.391. The predicted octanol–water partition coefficient (Wildman–Crippen LogP) is 4.22. The third-order valence-electron chi connectivity index (χ3n) is 6.82. The molecule has 0 bridgehead atoms. The minimum absolute atomic E-state index is 0.151. The van der Waals surface area contributed by atoms with E-state index < -0.39 is 0 Å². The molecular weight excluding hydrogens is 450 g/mol. The zero-order valence-corrected chi connectivity index (χ0v) is 20.7. The highest BCUT2D eigenvalue weighted by atomic mass is 16.1. The fraction of sp³-hybridized carbons (Fsp3) is 0.321. The normalized spacial score (nSPS) is 15.0. The number of carbonyl (C=O) groups is 1. The summed E-state index contributed by atoms with van der Waals surface area (Å²) < 4.78 is 0. The summed E-state index contributed by atoms with van der Waals surface area (Å²) in [7, 11) is 0. The van der Waals surface area contributed by atoms with Crippen LogP contribution in [0.4, 0.5) is 0 Å². The van der Waals surface area contributed by atoms with Crippen molar-refractivity contribution in [2.45, 2.75) is 58.8 Å². The van der Waals surface area contributed by atoms with E-state index >= 15 is 0 Å². The van der Waals surface area contributed by atoms with Gasteiger partial charge in [-0.3, -0.25) is 14.7 Å². The standard InChI is InChI=1S/C28H31N7O/c1-19-26(20(2)33-18-32-19)28(36)31-13-21-6-3-7-22(12-21)15-35(16-24-14-29-17-34-24)25-10-4-8-23-9-5-11-30-27(23)25/h3,5-7,9,11-12,14,17-18,25H,4,8,10,13,15-16H2,1-2H3,(H,29,34)(H,31,36). The van der Waals surface area contributed by atoms with Crippen molar-refractivity contribution in [1.29, 1.82) is 0 Å². The molecule has 3 heterocycles. The fourth-order valence-electron chi connectivity index (χ4n) is 5.07. The molecule has 0 radical (unpaired) electrons. The lowest BCUT2D eigenvalue weighted by molar-refractivity contribution is 0.0948. The van der Waals surface area contributed by atoms with Gasteiger partial charge in [-0.05, 0) is 55.9 Å². The molecule has 1 unspecified atom stereocenters. The van der Waals surface area contributed by atoms with Gasteiger partial charge in [0.25, 0.3) is 5.91 Å². The summed E-state index contributed by atoms with van der Waals surface area (Å²) in [4.78, 5) is 35.9. The third-order valence-corrected chi connectivity index (χ3v) is 6.82. The smallest absolute Gasteiger partial charge is 0.255 e. The van der Waals surface area contributed by atoms with Gasteiger partial charge in [-0.15, -0.1) is 0 Å². The molecule has 0 spiro atoms. The molecule has 1 amide bonds. The van der Waals surface area contributed by atoms with Crippen molar-refractivity contribution >= 4 is 5.91 Å². The fourth-order valence-corrected chi connectivity index (χ4v) is 5.07. The number of pyridine rings is 1. The van der Waals surface area contributed by atoms with Crippen molar-refractivity contribution in [2.75, 3.05) is 0 Å². The van der Waals surface area contributed by atoms with E-state index in [-0.39, 0.29) is 11.9 Å². The number of hydrogen-bond donors (Lipinski definition) is 2. The summed E-state index contributed by atoms with van der Waals surface area (Å²) in [6.45, 7) is 5.63. The highest BCUT2D eigenvalue weighted by Gasteiger charge is 2.27. The molecule has 2 N–H and O–H groups in total. The second kappa shape index (κ2) is 10.8. The van der Waals surface area contributed by atoms with Crippen molar-refractivity contribution < 1.29 is 4.79 Å². The zero-order chi connectivity index (χ0) is 24.9. The Morgan fingerprint density at radius 1 is 1.08 bits per heavy atom. The molecule has 1 aliphatic rings. The summed E-state index contributed by atoms with van der Waals surface area (Å²) in [6, 6.07) is 12.9. The number of benzene rings is 1. The minimum Gasteiger partial charge on any atom is -0.348 e. The summed E-state index contributed by atoms with van der Waals surface area (Å²) in [5.74, 6) is -0.151. The molecule has 0 aliphatic heterocycles. The van der Waals surface area contributed by atoms with Gasteiger partial charge in [0.2, 0.25) is 0 Å². The van der Waals surface area contributed by atoms with Crippen LogP contribution in [0.3, 0.4) is 0 Å². The minimum atomic E-state index is -0.151. The van der Waals surface area contributed by atoms with Gasteiger partial charge in [0, 0.05) is 37.7 Å². The summed E-state index contributed by atoms with van der Waals surface area (Å²) in [5, 5.41) is 3.03. The number of aromatic nitrogens is 5. The van der Waals surface area contributed by atoms with Gasteiger partial charge in [0.1, 0.15) is 6.33 Å². The van der Waals surface area contributed by atoms with Crippen LogP contribution in [0, 0.1) is 13.8 Å². The highest BCUT2D eigenvalue weighted by molar-refractivity contribution is 5.96. The van der Waals surface area contributed by atoms with Crippen LogP contribution in [-0.2, 0) is 26.1 Å². The van der Waals surface area contributed by atoms with E-state index in [4.69, 9.17) is 4.98 Å². The Hall–Kier alpha value is -3.91. The Morgan fingerprint density at radius 2 is 1.92 bits per heavy atom. The van der Waals surface area contributed by atoms with Gasteiger partial charge < -0.3 is 10.3 Å². The van der Waals surface area contributed by atoms with Crippen LogP contribution in [0.2, 0.25) is 0 Å². The van der Waals surface area contributed by atoms with E-state index in [2.05, 4.69) is 54.4 Å². The highest BCUT2D eigenvalue weighted by Crippen LogP contribution is 2.34. The second-order valence-electron chi connectivity index (χ2n) is 9.36. The van der Waals surface area contributed by atoms with Crippen LogP contribution < -0.4 is 5.32 Å². The first kappa shape index (κ1) is 23.8. The van der Waals surface area contributed by atoms with Crippen molar-refractivity contribution in [1.82, 2.24) is 35.1 Å². The predicted molar refractivity (Wildman–Crippen MR) is 137 cm³/mol. The average molecular weight is 482 g/mol. The Kier molecular flexibility index (Phi) is 7.13. The topological polar surface area (TPSA) is 99.7 Å². The number of H-pyrrole nitrogens is 1. The molecule has 0 saturated carbocycles. The van der Waals surface area contributed by atoms with Crippen LogP contribution in [0.1, 0.15) is 68.7 Å². The number of imidazole rings is 1. The van der Waals surface area contributed by atoms with Gasteiger partial charge in [0.15, 0.2) is 0 Å². The number of aryl methyl sites for hydroxylation is 3. The van der Waals surface area contributed by atoms with Crippen LogP contribution in [-0.4, -0.2) is 35.7 Å². The average Bonchev–Trinajstić information content (AvgIpc) is 3.40. The number of nitrogens with one attached hydrogen (secondary N) is 2. The lowest BCUT2D eigenvalue weighted by Crippen LogP contribution is -2.31. The van der Waals surface area contributed by atoms with Gasteiger partial charge in [-0.1, -0.05) is 30.3 Å². The summed E-state index contributed by atoms with van der Waals surface area (Å²) in [5.41, 5.74) is 7.77. The van der Waals surface area contributed by atoms with E-state index in [1.54, 1.807) is 6.33 Å². The van der Waals surface area contributed by atoms with Gasteiger partial charge >= 0.3 is 0 Å². The van der Waals surface area contributed by atoms with Crippen molar-refractivity contribution in [3.63, 3.8) is 0 Å². The molecule has 0 saturated heterocycles. The van der Waals surface area contributed by atoms with Crippen LogP contribution in [0.25, 0.3) is 0 Å². The first-order valence-corrected chi connectivity index (χ1v) is 12.4. The second-order valence-corrected chi connectivity index (χ2v) is 9.36. The van der Waals surface area contributed by atoms with Crippen molar-refractivity contribution in [2.24, 2.45) is 0 Å². The molecule has 184 valence electrons.